The summed E-state index contributed by atoms with van der Waals surface area (Å²) < 4.78 is 1.59. The molecule has 0 N–H and O–H groups in total. The van der Waals surface area contributed by atoms with E-state index in [1.165, 1.54) is 0 Å². The van der Waals surface area contributed by atoms with E-state index >= 15 is 0 Å². The molecule has 0 aliphatic heterocycles. The molecule has 0 unspecified atom stereocenters. The molecule has 1 amide bonds. The zero-order valence-corrected chi connectivity index (χ0v) is 8.26. The minimum atomic E-state index is -0.391. The molecule has 1 heterocycles. The topological polar surface area (TPSA) is 47.2 Å². The number of rotatable bonds is 2. The van der Waals surface area contributed by atoms with Gasteiger partial charge in [-0.1, -0.05) is 0 Å². The molecule has 0 aliphatic rings. The number of carbonyl (C=O) groups is 1. The summed E-state index contributed by atoms with van der Waals surface area (Å²) in [5.41, 5.74) is 1.25. The number of hydrogen-bond acceptors (Lipinski definition) is 3. The van der Waals surface area contributed by atoms with E-state index in [1.807, 2.05) is 19.0 Å². The summed E-state index contributed by atoms with van der Waals surface area (Å²) in [6.07, 6.45) is 0. The first kappa shape index (κ1) is 9.77. The number of isothiocyanates is 1. The van der Waals surface area contributed by atoms with Crippen molar-refractivity contribution in [2.45, 2.75) is 20.4 Å². The SMILES string of the molecule is CCn1nc(C)cc1C(=O)N=C=S. The highest BCUT2D eigenvalue weighted by Gasteiger charge is 2.10. The minimum Gasteiger partial charge on any atom is -0.264 e. The van der Waals surface area contributed by atoms with Crippen LogP contribution in [0.4, 0.5) is 0 Å². The van der Waals surface area contributed by atoms with E-state index in [9.17, 15) is 4.79 Å². The smallest absolute Gasteiger partial charge is 0.264 e. The zero-order chi connectivity index (χ0) is 9.84. The van der Waals surface area contributed by atoms with Crippen molar-refractivity contribution >= 4 is 23.3 Å². The second-order valence-corrected chi connectivity index (χ2v) is 2.68. The van der Waals surface area contributed by atoms with E-state index in [4.69, 9.17) is 0 Å². The van der Waals surface area contributed by atoms with Gasteiger partial charge in [0.05, 0.1) is 10.9 Å². The second kappa shape index (κ2) is 4.07. The molecule has 0 aliphatic carbocycles. The molecule has 0 radical (unpaired) electrons. The van der Waals surface area contributed by atoms with Gasteiger partial charge in [0.25, 0.3) is 0 Å². The Morgan fingerprint density at radius 3 is 3.08 bits per heavy atom. The third kappa shape index (κ3) is 2.08. The van der Waals surface area contributed by atoms with Gasteiger partial charge in [0.15, 0.2) is 0 Å². The Morgan fingerprint density at radius 1 is 1.85 bits per heavy atom. The van der Waals surface area contributed by atoms with Crippen LogP contribution in [-0.2, 0) is 6.54 Å². The molecule has 4 nitrogen and oxygen atoms in total. The number of nitrogens with zero attached hydrogens (tertiary/aromatic N) is 3. The van der Waals surface area contributed by atoms with Crippen molar-refractivity contribution < 1.29 is 4.79 Å². The van der Waals surface area contributed by atoms with Crippen LogP contribution in [0.5, 0.6) is 0 Å². The summed E-state index contributed by atoms with van der Waals surface area (Å²) in [5.74, 6) is -0.391. The lowest BCUT2D eigenvalue weighted by molar-refractivity contribution is 0.0993. The fraction of sp³-hybridized carbons (Fsp3) is 0.375. The first-order chi connectivity index (χ1) is 6.19. The largest absolute Gasteiger partial charge is 0.304 e. The van der Waals surface area contributed by atoms with Gasteiger partial charge in [0.2, 0.25) is 0 Å². The Bertz CT molecular complexity index is 377. The number of aliphatic imine (C=N–C) groups is 1. The molecule has 0 bridgehead atoms. The average molecular weight is 195 g/mol. The van der Waals surface area contributed by atoms with E-state index in [2.05, 4.69) is 22.3 Å². The summed E-state index contributed by atoms with van der Waals surface area (Å²) in [5, 5.41) is 6.15. The van der Waals surface area contributed by atoms with Gasteiger partial charge in [0.1, 0.15) is 5.69 Å². The third-order valence-electron chi connectivity index (χ3n) is 1.57. The van der Waals surface area contributed by atoms with E-state index in [1.54, 1.807) is 10.7 Å². The monoisotopic (exact) mass is 195 g/mol. The molecule has 0 atom stereocenters. The highest BCUT2D eigenvalue weighted by Crippen LogP contribution is 2.04. The van der Waals surface area contributed by atoms with Crippen LogP contribution in [0.15, 0.2) is 11.1 Å². The normalized spacial score (nSPS) is 9.38. The zero-order valence-electron chi connectivity index (χ0n) is 7.44. The number of amides is 1. The van der Waals surface area contributed by atoms with Crippen LogP contribution in [0.1, 0.15) is 23.1 Å². The van der Waals surface area contributed by atoms with Crippen LogP contribution in [0.2, 0.25) is 0 Å². The van der Waals surface area contributed by atoms with Crippen LogP contribution < -0.4 is 0 Å². The summed E-state index contributed by atoms with van der Waals surface area (Å²) in [6, 6.07) is 1.68. The summed E-state index contributed by atoms with van der Waals surface area (Å²) in [7, 11) is 0. The van der Waals surface area contributed by atoms with Gasteiger partial charge in [-0.3, -0.25) is 9.48 Å². The lowest BCUT2D eigenvalue weighted by atomic mass is 10.3. The molecule has 68 valence electrons. The molecule has 1 rings (SSSR count). The average Bonchev–Trinajstić information content (AvgIpc) is 2.47. The molecule has 0 spiro atoms. The van der Waals surface area contributed by atoms with Gasteiger partial charge < -0.3 is 0 Å². The van der Waals surface area contributed by atoms with Crippen molar-refractivity contribution in [2.24, 2.45) is 4.99 Å². The van der Waals surface area contributed by atoms with Crippen LogP contribution in [-0.4, -0.2) is 20.8 Å². The Morgan fingerprint density at radius 2 is 2.54 bits per heavy atom. The maximum Gasteiger partial charge on any atom is 0.304 e. The predicted octanol–water partition coefficient (Wildman–Crippen LogP) is 1.45. The van der Waals surface area contributed by atoms with E-state index in [0.29, 0.717) is 12.2 Å². The molecule has 1 aromatic rings. The number of thiocarbonyl (C=S) groups is 1. The lowest BCUT2D eigenvalue weighted by Crippen LogP contribution is -2.07. The van der Waals surface area contributed by atoms with Crippen LogP contribution in [0.25, 0.3) is 0 Å². The molecule has 0 saturated heterocycles. The van der Waals surface area contributed by atoms with E-state index in [0.717, 1.165) is 5.69 Å². The van der Waals surface area contributed by atoms with Crippen molar-refractivity contribution in [3.63, 3.8) is 0 Å². The van der Waals surface area contributed by atoms with Gasteiger partial charge in [-0.25, -0.2) is 0 Å². The summed E-state index contributed by atoms with van der Waals surface area (Å²) >= 11 is 4.35. The summed E-state index contributed by atoms with van der Waals surface area (Å²) in [6.45, 7) is 4.37. The Balaban J connectivity index is 3.12. The molecular formula is C8H9N3OS. The molecule has 13 heavy (non-hydrogen) atoms. The fourth-order valence-corrected chi connectivity index (χ4v) is 1.14. The standard InChI is InChI=1S/C8H9N3OS/c1-3-11-7(4-6(2)10-11)8(12)9-5-13/h4H,3H2,1-2H3. The Labute approximate surface area is 81.3 Å². The van der Waals surface area contributed by atoms with Gasteiger partial charge in [-0.05, 0) is 32.1 Å². The highest BCUT2D eigenvalue weighted by molar-refractivity contribution is 7.78. The molecular weight excluding hydrogens is 186 g/mol. The van der Waals surface area contributed by atoms with Gasteiger partial charge >= 0.3 is 5.91 Å². The number of aryl methyl sites for hydroxylation is 2. The molecule has 1 aromatic heterocycles. The maximum atomic E-state index is 11.3. The molecule has 0 saturated carbocycles. The first-order valence-electron chi connectivity index (χ1n) is 3.85. The van der Waals surface area contributed by atoms with Crippen molar-refractivity contribution in [3.05, 3.63) is 17.5 Å². The van der Waals surface area contributed by atoms with Crippen LogP contribution in [0.3, 0.4) is 0 Å². The molecule has 0 fully saturated rings. The maximum absolute atomic E-state index is 11.3. The number of carbonyl (C=O) groups excluding carboxylic acids is 1. The van der Waals surface area contributed by atoms with Crippen LogP contribution >= 0.6 is 12.2 Å². The van der Waals surface area contributed by atoms with Crippen molar-refractivity contribution in [3.8, 4) is 0 Å². The third-order valence-corrected chi connectivity index (χ3v) is 1.66. The minimum absolute atomic E-state index is 0.391. The van der Waals surface area contributed by atoms with Gasteiger partial charge in [-0.2, -0.15) is 10.1 Å². The second-order valence-electron chi connectivity index (χ2n) is 2.49. The van der Waals surface area contributed by atoms with Gasteiger partial charge in [-0.15, -0.1) is 0 Å². The van der Waals surface area contributed by atoms with Crippen molar-refractivity contribution in [2.75, 3.05) is 0 Å². The quantitative estimate of drug-likeness (QED) is 0.530. The van der Waals surface area contributed by atoms with Crippen molar-refractivity contribution in [1.82, 2.24) is 9.78 Å². The van der Waals surface area contributed by atoms with Crippen molar-refractivity contribution in [1.29, 1.82) is 0 Å². The van der Waals surface area contributed by atoms with Gasteiger partial charge in [0, 0.05) is 6.54 Å². The predicted molar refractivity (Wildman–Crippen MR) is 52.0 cm³/mol. The molecule has 5 heteroatoms. The fourth-order valence-electron chi connectivity index (χ4n) is 1.06. The summed E-state index contributed by atoms with van der Waals surface area (Å²) in [4.78, 5) is 14.7. The first-order valence-corrected chi connectivity index (χ1v) is 4.26. The Kier molecular flexibility index (Phi) is 3.06. The van der Waals surface area contributed by atoms with Crippen LogP contribution in [0, 0.1) is 6.92 Å². The highest BCUT2D eigenvalue weighted by atomic mass is 32.1. The lowest BCUT2D eigenvalue weighted by Gasteiger charge is -1.97. The van der Waals surface area contributed by atoms with E-state index < -0.39 is 5.91 Å². The Hall–Kier alpha value is -1.32. The number of aromatic nitrogens is 2. The molecule has 0 aromatic carbocycles. The van der Waals surface area contributed by atoms with E-state index in [-0.39, 0.29) is 0 Å². The number of hydrogen-bond donors (Lipinski definition) is 0.